The van der Waals surface area contributed by atoms with Gasteiger partial charge in [0.1, 0.15) is 0 Å². The van der Waals surface area contributed by atoms with E-state index in [1.807, 2.05) is 65.4 Å². The lowest BCUT2D eigenvalue weighted by atomic mass is 10.3. The highest BCUT2D eigenvalue weighted by Gasteiger charge is 2.12. The normalized spacial score (nSPS) is 10.9. The predicted molar refractivity (Wildman–Crippen MR) is 97.3 cm³/mol. The first-order valence-electron chi connectivity index (χ1n) is 7.56. The van der Waals surface area contributed by atoms with Gasteiger partial charge >= 0.3 is 0 Å². The van der Waals surface area contributed by atoms with Crippen LogP contribution in [0.3, 0.4) is 0 Å². The quantitative estimate of drug-likeness (QED) is 0.501. The lowest BCUT2D eigenvalue weighted by molar-refractivity contribution is 0.777. The van der Waals surface area contributed by atoms with Crippen LogP contribution in [0.2, 0.25) is 5.02 Å². The molecule has 0 aliphatic heterocycles. The van der Waals surface area contributed by atoms with E-state index in [-0.39, 0.29) is 0 Å². The van der Waals surface area contributed by atoms with Gasteiger partial charge < -0.3 is 0 Å². The molecule has 0 radical (unpaired) electrons. The topological polar surface area (TPSA) is 61.4 Å². The molecule has 0 N–H and O–H groups in total. The number of thioether (sulfide) groups is 1. The SMILES string of the molecule is Clc1cccc(-n2ccnc2SCc2nnnn2-c2ccccc2)c1. The first kappa shape index (κ1) is 15.9. The molecule has 0 atom stereocenters. The Morgan fingerprint density at radius 3 is 2.68 bits per heavy atom. The monoisotopic (exact) mass is 368 g/mol. The Kier molecular flexibility index (Phi) is 4.49. The summed E-state index contributed by atoms with van der Waals surface area (Å²) in [4.78, 5) is 4.43. The van der Waals surface area contributed by atoms with Crippen molar-refractivity contribution in [2.24, 2.45) is 0 Å². The Morgan fingerprint density at radius 2 is 1.84 bits per heavy atom. The summed E-state index contributed by atoms with van der Waals surface area (Å²) in [5, 5.41) is 13.5. The summed E-state index contributed by atoms with van der Waals surface area (Å²) in [6.45, 7) is 0. The summed E-state index contributed by atoms with van der Waals surface area (Å²) in [5.41, 5.74) is 1.90. The van der Waals surface area contributed by atoms with Crippen LogP contribution < -0.4 is 0 Å². The van der Waals surface area contributed by atoms with Crippen LogP contribution in [0.15, 0.2) is 72.1 Å². The summed E-state index contributed by atoms with van der Waals surface area (Å²) in [7, 11) is 0. The van der Waals surface area contributed by atoms with Crippen molar-refractivity contribution in [3.8, 4) is 11.4 Å². The van der Waals surface area contributed by atoms with E-state index in [2.05, 4.69) is 20.5 Å². The molecule has 6 nitrogen and oxygen atoms in total. The molecule has 0 spiro atoms. The molecule has 2 aromatic carbocycles. The molecule has 0 saturated carbocycles. The third-order valence-corrected chi connectivity index (χ3v) is 4.76. The molecule has 0 saturated heterocycles. The van der Waals surface area contributed by atoms with Gasteiger partial charge in [-0.15, -0.1) is 5.10 Å². The molecule has 0 aliphatic carbocycles. The minimum atomic E-state index is 0.597. The summed E-state index contributed by atoms with van der Waals surface area (Å²) in [5.74, 6) is 1.36. The first-order valence-corrected chi connectivity index (χ1v) is 8.92. The number of hydrogen-bond acceptors (Lipinski definition) is 5. The smallest absolute Gasteiger partial charge is 0.173 e. The van der Waals surface area contributed by atoms with E-state index in [1.54, 1.807) is 22.6 Å². The molecule has 4 aromatic rings. The molecule has 2 heterocycles. The third-order valence-electron chi connectivity index (χ3n) is 3.56. The average molecular weight is 369 g/mol. The Labute approximate surface area is 153 Å². The second-order valence-corrected chi connectivity index (χ2v) is 6.57. The van der Waals surface area contributed by atoms with E-state index >= 15 is 0 Å². The Hall–Kier alpha value is -2.64. The van der Waals surface area contributed by atoms with E-state index < -0.39 is 0 Å². The van der Waals surface area contributed by atoms with E-state index in [0.29, 0.717) is 10.8 Å². The van der Waals surface area contributed by atoms with Crippen molar-refractivity contribution in [3.63, 3.8) is 0 Å². The minimum absolute atomic E-state index is 0.597. The number of hydrogen-bond donors (Lipinski definition) is 0. The number of nitrogens with zero attached hydrogens (tertiary/aromatic N) is 6. The lowest BCUT2D eigenvalue weighted by Gasteiger charge is -2.08. The molecule has 8 heteroatoms. The van der Waals surface area contributed by atoms with Crippen molar-refractivity contribution in [3.05, 3.63) is 77.8 Å². The van der Waals surface area contributed by atoms with E-state index in [9.17, 15) is 0 Å². The average Bonchev–Trinajstić information content (AvgIpc) is 3.30. The summed E-state index contributed by atoms with van der Waals surface area (Å²) >= 11 is 7.66. The molecule has 2 aromatic heterocycles. The van der Waals surface area contributed by atoms with Crippen LogP contribution in [0.25, 0.3) is 11.4 Å². The fourth-order valence-corrected chi connectivity index (χ4v) is 3.48. The van der Waals surface area contributed by atoms with Crippen LogP contribution in [0.5, 0.6) is 0 Å². The zero-order chi connectivity index (χ0) is 17.1. The van der Waals surface area contributed by atoms with Crippen molar-refractivity contribution in [1.82, 2.24) is 29.8 Å². The fraction of sp³-hybridized carbons (Fsp3) is 0.0588. The maximum atomic E-state index is 6.09. The van der Waals surface area contributed by atoms with Crippen LogP contribution >= 0.6 is 23.4 Å². The number of aromatic nitrogens is 6. The summed E-state index contributed by atoms with van der Waals surface area (Å²) in [6.07, 6.45) is 3.68. The highest BCUT2D eigenvalue weighted by atomic mass is 35.5. The van der Waals surface area contributed by atoms with Crippen molar-refractivity contribution in [2.45, 2.75) is 10.9 Å². The Morgan fingerprint density at radius 1 is 1.00 bits per heavy atom. The van der Waals surface area contributed by atoms with Crippen LogP contribution in [0, 0.1) is 0 Å². The second-order valence-electron chi connectivity index (χ2n) is 5.19. The molecule has 4 rings (SSSR count). The van der Waals surface area contributed by atoms with Crippen LogP contribution in [-0.2, 0) is 5.75 Å². The molecule has 0 unspecified atom stereocenters. The van der Waals surface area contributed by atoms with Crippen molar-refractivity contribution in [2.75, 3.05) is 0 Å². The van der Waals surface area contributed by atoms with Gasteiger partial charge in [0.15, 0.2) is 11.0 Å². The number of para-hydroxylation sites is 1. The Balaban J connectivity index is 1.56. The first-order chi connectivity index (χ1) is 12.3. The van der Waals surface area contributed by atoms with Crippen molar-refractivity contribution < 1.29 is 0 Å². The maximum Gasteiger partial charge on any atom is 0.173 e. The highest BCUT2D eigenvalue weighted by Crippen LogP contribution is 2.25. The van der Waals surface area contributed by atoms with Crippen LogP contribution in [0.1, 0.15) is 5.82 Å². The van der Waals surface area contributed by atoms with Gasteiger partial charge in [0.25, 0.3) is 0 Å². The zero-order valence-corrected chi connectivity index (χ0v) is 14.6. The predicted octanol–water partition coefficient (Wildman–Crippen LogP) is 3.79. The van der Waals surface area contributed by atoms with Gasteiger partial charge in [-0.05, 0) is 40.8 Å². The van der Waals surface area contributed by atoms with Crippen LogP contribution in [0.4, 0.5) is 0 Å². The Bertz CT molecular complexity index is 981. The van der Waals surface area contributed by atoms with Gasteiger partial charge in [-0.3, -0.25) is 4.57 Å². The van der Waals surface area contributed by atoms with Crippen molar-refractivity contribution >= 4 is 23.4 Å². The standard InChI is InChI=1S/C17H13ClN6S/c18-13-5-4-8-15(11-13)23-10-9-19-17(23)25-12-16-20-21-22-24(16)14-6-2-1-3-7-14/h1-11H,12H2. The maximum absolute atomic E-state index is 6.09. The van der Waals surface area contributed by atoms with Gasteiger partial charge in [0, 0.05) is 23.1 Å². The molecule has 0 bridgehead atoms. The van der Waals surface area contributed by atoms with Gasteiger partial charge in [-0.2, -0.15) is 4.68 Å². The van der Waals surface area contributed by atoms with E-state index in [4.69, 9.17) is 11.6 Å². The highest BCUT2D eigenvalue weighted by molar-refractivity contribution is 7.98. The summed E-state index contributed by atoms with van der Waals surface area (Å²) in [6, 6.07) is 17.5. The number of imidazole rings is 1. The van der Waals surface area contributed by atoms with E-state index in [0.717, 1.165) is 22.4 Å². The number of tetrazole rings is 1. The van der Waals surface area contributed by atoms with Gasteiger partial charge in [-0.25, -0.2) is 4.98 Å². The molecular weight excluding hydrogens is 356 g/mol. The third kappa shape index (κ3) is 3.42. The van der Waals surface area contributed by atoms with E-state index in [1.165, 1.54) is 0 Å². The van der Waals surface area contributed by atoms with Crippen molar-refractivity contribution in [1.29, 1.82) is 0 Å². The molecule has 0 amide bonds. The molecule has 0 fully saturated rings. The number of rotatable bonds is 5. The van der Waals surface area contributed by atoms with Crippen LogP contribution in [-0.4, -0.2) is 29.8 Å². The lowest BCUT2D eigenvalue weighted by Crippen LogP contribution is -2.02. The largest absolute Gasteiger partial charge is 0.295 e. The number of halogens is 1. The summed E-state index contributed by atoms with van der Waals surface area (Å²) < 4.78 is 3.73. The fourth-order valence-electron chi connectivity index (χ4n) is 2.41. The second kappa shape index (κ2) is 7.08. The molecular formula is C17H13ClN6S. The molecule has 25 heavy (non-hydrogen) atoms. The van der Waals surface area contributed by atoms with Gasteiger partial charge in [0.05, 0.1) is 11.4 Å². The number of benzene rings is 2. The zero-order valence-electron chi connectivity index (χ0n) is 13.0. The molecule has 124 valence electrons. The van der Waals surface area contributed by atoms with Gasteiger partial charge in [-0.1, -0.05) is 47.6 Å². The minimum Gasteiger partial charge on any atom is -0.295 e. The van der Waals surface area contributed by atoms with Gasteiger partial charge in [0.2, 0.25) is 0 Å². The molecule has 0 aliphatic rings.